The van der Waals surface area contributed by atoms with E-state index in [1.54, 1.807) is 12.1 Å². The Balaban J connectivity index is 1.80. The minimum absolute atomic E-state index is 0.0262. The molecule has 6 heteroatoms. The minimum atomic E-state index is -0.219. The normalized spacial score (nSPS) is 18.3. The Kier molecular flexibility index (Phi) is 4.84. The Morgan fingerprint density at radius 2 is 2.35 bits per heavy atom. The van der Waals surface area contributed by atoms with Gasteiger partial charge in [-0.15, -0.1) is 0 Å². The van der Waals surface area contributed by atoms with Crippen LogP contribution in [-0.4, -0.2) is 31.0 Å². The van der Waals surface area contributed by atoms with Gasteiger partial charge in [-0.05, 0) is 31.0 Å². The van der Waals surface area contributed by atoms with Crippen molar-refractivity contribution in [1.29, 1.82) is 0 Å². The summed E-state index contributed by atoms with van der Waals surface area (Å²) < 4.78 is 5.41. The van der Waals surface area contributed by atoms with Crippen LogP contribution in [0.4, 0.5) is 0 Å². The molecule has 1 unspecified atom stereocenters. The Bertz CT molecular complexity index is 509. The molecule has 2 rings (SSSR count). The number of carbonyl (C=O) groups excluding carboxylic acids is 2. The molecule has 1 aromatic carbocycles. The van der Waals surface area contributed by atoms with E-state index in [0.717, 1.165) is 5.56 Å². The molecule has 20 heavy (non-hydrogen) atoms. The van der Waals surface area contributed by atoms with Crippen molar-refractivity contribution < 1.29 is 14.3 Å². The van der Waals surface area contributed by atoms with Crippen LogP contribution in [0.2, 0.25) is 5.02 Å². The van der Waals surface area contributed by atoms with Crippen LogP contribution in [0.5, 0.6) is 5.75 Å². The number of amides is 2. The summed E-state index contributed by atoms with van der Waals surface area (Å²) in [5.74, 6) is 0.306. The van der Waals surface area contributed by atoms with Crippen molar-refractivity contribution in [2.75, 3.05) is 13.2 Å². The Hall–Kier alpha value is -1.75. The number of hydrogen-bond acceptors (Lipinski definition) is 3. The van der Waals surface area contributed by atoms with E-state index in [2.05, 4.69) is 10.6 Å². The summed E-state index contributed by atoms with van der Waals surface area (Å²) in [7, 11) is 0. The molecule has 0 aromatic heterocycles. The number of hydrogen-bond donors (Lipinski definition) is 2. The van der Waals surface area contributed by atoms with Crippen LogP contribution in [0.3, 0.4) is 0 Å². The summed E-state index contributed by atoms with van der Waals surface area (Å²) in [5.41, 5.74) is 1.01. The smallest absolute Gasteiger partial charge is 0.258 e. The largest absolute Gasteiger partial charge is 0.482 e. The highest BCUT2D eigenvalue weighted by molar-refractivity contribution is 6.32. The third-order valence-corrected chi connectivity index (χ3v) is 3.39. The van der Waals surface area contributed by atoms with Gasteiger partial charge in [0, 0.05) is 19.0 Å². The lowest BCUT2D eigenvalue weighted by Gasteiger charge is -2.23. The van der Waals surface area contributed by atoms with E-state index < -0.39 is 0 Å². The number of piperidine rings is 1. The topological polar surface area (TPSA) is 67.4 Å². The van der Waals surface area contributed by atoms with E-state index in [9.17, 15) is 9.59 Å². The van der Waals surface area contributed by atoms with E-state index >= 15 is 0 Å². The molecule has 1 atom stereocenters. The number of benzene rings is 1. The third-order valence-electron chi connectivity index (χ3n) is 3.08. The maximum absolute atomic E-state index is 11.8. The molecule has 0 bridgehead atoms. The number of nitrogens with one attached hydrogen (secondary N) is 2. The van der Waals surface area contributed by atoms with E-state index in [1.807, 2.05) is 13.0 Å². The summed E-state index contributed by atoms with van der Waals surface area (Å²) >= 11 is 5.98. The molecule has 0 aliphatic carbocycles. The highest BCUT2D eigenvalue weighted by atomic mass is 35.5. The first kappa shape index (κ1) is 14.7. The van der Waals surface area contributed by atoms with Crippen LogP contribution >= 0.6 is 11.6 Å². The summed E-state index contributed by atoms with van der Waals surface area (Å²) in [6, 6.07) is 5.37. The zero-order valence-electron chi connectivity index (χ0n) is 11.2. The van der Waals surface area contributed by atoms with E-state index in [0.29, 0.717) is 30.2 Å². The van der Waals surface area contributed by atoms with Crippen LogP contribution in [0, 0.1) is 6.92 Å². The number of aryl methyl sites for hydroxylation is 1. The van der Waals surface area contributed by atoms with Gasteiger partial charge in [0.1, 0.15) is 5.75 Å². The molecule has 5 nitrogen and oxygen atoms in total. The maximum atomic E-state index is 11.8. The van der Waals surface area contributed by atoms with Gasteiger partial charge in [-0.2, -0.15) is 0 Å². The second-order valence-electron chi connectivity index (χ2n) is 4.83. The van der Waals surface area contributed by atoms with E-state index in [-0.39, 0.29) is 24.5 Å². The van der Waals surface area contributed by atoms with Crippen molar-refractivity contribution in [2.45, 2.75) is 25.8 Å². The van der Waals surface area contributed by atoms with Gasteiger partial charge in [0.2, 0.25) is 5.91 Å². The van der Waals surface area contributed by atoms with E-state index in [1.165, 1.54) is 0 Å². The minimum Gasteiger partial charge on any atom is -0.482 e. The zero-order valence-corrected chi connectivity index (χ0v) is 12.0. The molecule has 2 N–H and O–H groups in total. The third kappa shape index (κ3) is 4.13. The van der Waals surface area contributed by atoms with Gasteiger partial charge in [0.05, 0.1) is 5.02 Å². The van der Waals surface area contributed by atoms with Crippen molar-refractivity contribution in [3.63, 3.8) is 0 Å². The maximum Gasteiger partial charge on any atom is 0.258 e. The van der Waals surface area contributed by atoms with Crippen molar-refractivity contribution in [1.82, 2.24) is 10.6 Å². The summed E-state index contributed by atoms with van der Waals surface area (Å²) in [5, 5.41) is 6.01. The standard InChI is InChI=1S/C14H17ClN2O3/c1-9-2-4-11(15)12(6-9)20-8-14(19)17-10-3-5-13(18)16-7-10/h2,4,6,10H,3,5,7-8H2,1H3,(H,16,18)(H,17,19). The molecule has 1 heterocycles. The molecule has 0 spiro atoms. The fourth-order valence-electron chi connectivity index (χ4n) is 1.99. The quantitative estimate of drug-likeness (QED) is 0.883. The molecule has 108 valence electrons. The fourth-order valence-corrected chi connectivity index (χ4v) is 2.16. The van der Waals surface area contributed by atoms with Crippen molar-refractivity contribution in [3.8, 4) is 5.75 Å². The zero-order chi connectivity index (χ0) is 14.5. The predicted octanol–water partition coefficient (Wildman–Crippen LogP) is 1.42. The summed E-state index contributed by atoms with van der Waals surface area (Å²) in [6.45, 7) is 2.30. The molecule has 0 saturated carbocycles. The predicted molar refractivity (Wildman–Crippen MR) is 75.9 cm³/mol. The molecular weight excluding hydrogens is 280 g/mol. The Morgan fingerprint density at radius 3 is 3.05 bits per heavy atom. The van der Waals surface area contributed by atoms with Gasteiger partial charge in [-0.1, -0.05) is 17.7 Å². The summed E-state index contributed by atoms with van der Waals surface area (Å²) in [4.78, 5) is 22.8. The monoisotopic (exact) mass is 296 g/mol. The van der Waals surface area contributed by atoms with Crippen molar-refractivity contribution in [3.05, 3.63) is 28.8 Å². The molecule has 1 aliphatic heterocycles. The average molecular weight is 297 g/mol. The van der Waals surface area contributed by atoms with E-state index in [4.69, 9.17) is 16.3 Å². The second-order valence-corrected chi connectivity index (χ2v) is 5.24. The van der Waals surface area contributed by atoms with Gasteiger partial charge >= 0.3 is 0 Å². The van der Waals surface area contributed by atoms with Crippen molar-refractivity contribution in [2.24, 2.45) is 0 Å². The molecule has 1 aliphatic rings. The van der Waals surface area contributed by atoms with Gasteiger partial charge < -0.3 is 15.4 Å². The van der Waals surface area contributed by atoms with Gasteiger partial charge in [-0.3, -0.25) is 9.59 Å². The first-order chi connectivity index (χ1) is 9.54. The Labute approximate surface area is 122 Å². The first-order valence-electron chi connectivity index (χ1n) is 6.49. The summed E-state index contributed by atoms with van der Waals surface area (Å²) in [6.07, 6.45) is 1.10. The number of ether oxygens (including phenoxy) is 1. The van der Waals surface area contributed by atoms with Crippen molar-refractivity contribution >= 4 is 23.4 Å². The van der Waals surface area contributed by atoms with Crippen LogP contribution in [0.25, 0.3) is 0 Å². The highest BCUT2D eigenvalue weighted by Crippen LogP contribution is 2.25. The van der Waals surface area contributed by atoms with Crippen LogP contribution in [-0.2, 0) is 9.59 Å². The lowest BCUT2D eigenvalue weighted by molar-refractivity contribution is -0.126. The lowest BCUT2D eigenvalue weighted by atomic mass is 10.1. The van der Waals surface area contributed by atoms with Crippen LogP contribution in [0.1, 0.15) is 18.4 Å². The molecular formula is C14H17ClN2O3. The van der Waals surface area contributed by atoms with Gasteiger partial charge in [-0.25, -0.2) is 0 Å². The number of halogens is 1. The molecule has 1 saturated heterocycles. The average Bonchev–Trinajstić information content (AvgIpc) is 2.42. The van der Waals surface area contributed by atoms with Crippen LogP contribution < -0.4 is 15.4 Å². The molecule has 1 fully saturated rings. The van der Waals surface area contributed by atoms with Gasteiger partial charge in [0.25, 0.3) is 5.91 Å². The lowest BCUT2D eigenvalue weighted by Crippen LogP contribution is -2.48. The number of rotatable bonds is 4. The fraction of sp³-hybridized carbons (Fsp3) is 0.429. The van der Waals surface area contributed by atoms with Crippen LogP contribution in [0.15, 0.2) is 18.2 Å². The SMILES string of the molecule is Cc1ccc(Cl)c(OCC(=O)NC2CCC(=O)NC2)c1. The van der Waals surface area contributed by atoms with Gasteiger partial charge in [0.15, 0.2) is 6.61 Å². The number of carbonyl (C=O) groups is 2. The molecule has 1 aromatic rings. The highest BCUT2D eigenvalue weighted by Gasteiger charge is 2.19. The molecule has 2 amide bonds. The second kappa shape index (κ2) is 6.61. The first-order valence-corrected chi connectivity index (χ1v) is 6.87. The molecule has 0 radical (unpaired) electrons. The Morgan fingerprint density at radius 1 is 1.55 bits per heavy atom.